The number of hydrogen-bond acceptors (Lipinski definition) is 22. The summed E-state index contributed by atoms with van der Waals surface area (Å²) in [5.41, 5.74) is 49.8. The monoisotopic (exact) mass is 1690 g/mol. The third-order valence-electron chi connectivity index (χ3n) is 21.8. The lowest BCUT2D eigenvalue weighted by Crippen LogP contribution is -2.62. The van der Waals surface area contributed by atoms with Crippen molar-refractivity contribution in [3.05, 3.63) is 72.1 Å². The van der Waals surface area contributed by atoms with E-state index in [1.165, 1.54) is 23.6 Å². The Morgan fingerprint density at radius 1 is 0.397 bits per heavy atom. The lowest BCUT2D eigenvalue weighted by molar-refractivity contribution is -0.148. The van der Waals surface area contributed by atoms with Gasteiger partial charge in [-0.2, -0.15) is 0 Å². The van der Waals surface area contributed by atoms with E-state index in [0.29, 0.717) is 65.0 Å². The molecule has 40 heteroatoms. The molecule has 3 fully saturated rings. The first kappa shape index (κ1) is 97.2. The standard InChI is InChI=1S/C81H129N25O15/c1-45(2)40-61-74(115)99-59(30-36-87)73(114)95-55(24-13-33-84)70(111)94-54(22-9-11-31-82)69(110)96-57(26-15-37-90-81(88)89)72(113)102-62(41-48-43-91-52-20-7-5-18-50(48)52)75(116)97-56(25-14-34-85)71(112)98-58(29-35-86)68(109)93-46(3)67(108)100-60(23-10-12-32-83)79(120)106-39-17-28-65(106)80(121)105-38-16-27-64(105)77(118)104-66(47(4)107)78(119)103-63(76(117)101-61)42-49-44-92-53-21-8-6-19-51(49)53/h5-8,18-21,43-47,54-66,91-92,107H,9-17,22-42,82-87H2,1-4H3,(H,93,109)(H,94,111)(H,95,114)(H,96,110)(H,97,116)(H,98,112)(H,99,115)(H,100,108)(H,101,117)(H,102,113)(H,103,119)(H,104,118)(H4,88,89,90)/t46-,47+,54+,55-,56-,57-,58-,59-,60-,61-,62-,63-,64+,65-,66-/m0/s1. The Labute approximate surface area is 704 Å². The van der Waals surface area contributed by atoms with Crippen LogP contribution in [0.5, 0.6) is 0 Å². The van der Waals surface area contributed by atoms with Crippen molar-refractivity contribution in [2.75, 3.05) is 58.9 Å². The van der Waals surface area contributed by atoms with Gasteiger partial charge in [0.1, 0.15) is 84.6 Å². The number of H-pyrrole nitrogens is 2. The lowest BCUT2D eigenvalue weighted by atomic mass is 9.99. The highest BCUT2D eigenvalue weighted by Gasteiger charge is 2.46. The second-order valence-electron chi connectivity index (χ2n) is 31.7. The quantitative estimate of drug-likeness (QED) is 0.0138. The number of benzene rings is 2. The molecule has 5 heterocycles. The van der Waals surface area contributed by atoms with Crippen LogP contribution in [0.3, 0.4) is 0 Å². The van der Waals surface area contributed by atoms with E-state index in [-0.39, 0.29) is 174 Å². The molecular weight excluding hydrogens is 1560 g/mol. The number of carbonyl (C=O) groups is 14. The highest BCUT2D eigenvalue weighted by molar-refractivity contribution is 6.02. The summed E-state index contributed by atoms with van der Waals surface area (Å²) in [6.45, 7) is 6.38. The van der Waals surface area contributed by atoms with Crippen LogP contribution in [0.15, 0.2) is 65.9 Å². The van der Waals surface area contributed by atoms with Crippen LogP contribution >= 0.6 is 0 Å². The number of nitrogens with two attached hydrogens (primary N) is 8. The molecule has 40 nitrogen and oxygen atoms in total. The summed E-state index contributed by atoms with van der Waals surface area (Å²) >= 11 is 0. The molecule has 121 heavy (non-hydrogen) atoms. The topological polar surface area (TPSA) is 662 Å². The van der Waals surface area contributed by atoms with Crippen LogP contribution in [0.2, 0.25) is 0 Å². The first-order valence-electron chi connectivity index (χ1n) is 42.3. The Bertz CT molecular complexity index is 4190. The fourth-order valence-corrected chi connectivity index (χ4v) is 15.3. The number of unbranched alkanes of at least 4 members (excludes halogenated alkanes) is 2. The van der Waals surface area contributed by atoms with Crippen LogP contribution in [-0.2, 0) is 80.0 Å². The van der Waals surface area contributed by atoms with E-state index in [9.17, 15) is 53.1 Å². The number of para-hydroxylation sites is 2. The maximum Gasteiger partial charge on any atom is 0.246 e. The van der Waals surface area contributed by atoms with Gasteiger partial charge < -0.3 is 135 Å². The van der Waals surface area contributed by atoms with Crippen molar-refractivity contribution in [2.24, 2.45) is 56.8 Å². The molecule has 4 aromatic rings. The summed E-state index contributed by atoms with van der Waals surface area (Å²) in [5, 5.41) is 45.4. The average molecular weight is 1690 g/mol. The van der Waals surface area contributed by atoms with Gasteiger partial charge in [-0.1, -0.05) is 50.2 Å². The molecular formula is C81H129N25O15. The molecule has 7 rings (SSSR count). The number of rotatable bonds is 29. The lowest BCUT2D eigenvalue weighted by Gasteiger charge is -2.34. The van der Waals surface area contributed by atoms with Crippen LogP contribution < -0.4 is 110 Å². The molecule has 0 spiro atoms. The average Bonchev–Trinajstić information content (AvgIpc) is 1.68. The van der Waals surface area contributed by atoms with Crippen molar-refractivity contribution in [2.45, 2.75) is 253 Å². The minimum absolute atomic E-state index is 0.0337. The number of aromatic nitrogens is 2. The van der Waals surface area contributed by atoms with Crippen molar-refractivity contribution >= 4 is 110 Å². The van der Waals surface area contributed by atoms with Crippen molar-refractivity contribution in [3.8, 4) is 0 Å². The Morgan fingerprint density at radius 3 is 1.20 bits per heavy atom. The number of aromatic amines is 2. The van der Waals surface area contributed by atoms with Gasteiger partial charge in [0, 0.05) is 66.7 Å². The molecule has 668 valence electrons. The maximum absolute atomic E-state index is 15.2. The Balaban J connectivity index is 1.29. The SMILES string of the molecule is CC(C)C[C@@H]1NC(=O)[C@H](Cc2c[nH]c3ccccc23)NC(=O)[C@H]([C@@H](C)O)NC(=O)[C@H]2CCCN2C(=O)[C@@H]2CCCN2C(=O)[C@H](CCCCN)NC(=O)[C@H](C)NC(=O)[C@H](CCN)NC(=O)[C@H](CCCN)NC(=O)[C@H](Cc2c[nH]c3ccccc23)NC(=O)[C@H](CCCN=C(N)N)NC(=O)[C@@H](CCCCN)NC(=O)[C@H](CCCN)NC(=O)[C@H](CCN)NC1=O. The van der Waals surface area contributed by atoms with Gasteiger partial charge in [0.25, 0.3) is 0 Å². The summed E-state index contributed by atoms with van der Waals surface area (Å²) in [5.74, 6) is -12.5. The molecule has 15 atom stereocenters. The van der Waals surface area contributed by atoms with Crippen molar-refractivity contribution < 1.29 is 72.2 Å². The van der Waals surface area contributed by atoms with Crippen LogP contribution in [0.25, 0.3) is 21.8 Å². The van der Waals surface area contributed by atoms with E-state index >= 15 is 19.2 Å². The first-order valence-corrected chi connectivity index (χ1v) is 42.3. The second kappa shape index (κ2) is 49.1. The molecule has 0 bridgehead atoms. The van der Waals surface area contributed by atoms with Gasteiger partial charge >= 0.3 is 0 Å². The zero-order valence-electron chi connectivity index (χ0n) is 69.8. The fraction of sp³-hybridized carbons (Fsp3) is 0.617. The van der Waals surface area contributed by atoms with Gasteiger partial charge in [0.15, 0.2) is 5.96 Å². The number of guanidine groups is 1. The van der Waals surface area contributed by atoms with E-state index < -0.39 is 173 Å². The number of aliphatic hydroxyl groups is 1. The molecule has 0 aliphatic carbocycles. The highest BCUT2D eigenvalue weighted by Crippen LogP contribution is 2.28. The van der Waals surface area contributed by atoms with Crippen LogP contribution in [0.4, 0.5) is 0 Å². The van der Waals surface area contributed by atoms with E-state index in [2.05, 4.69) is 78.8 Å². The molecule has 3 aliphatic heterocycles. The molecule has 14 amide bonds. The number of amides is 14. The first-order chi connectivity index (χ1) is 57.9. The van der Waals surface area contributed by atoms with E-state index in [1.54, 1.807) is 74.8 Å². The fourth-order valence-electron chi connectivity index (χ4n) is 15.3. The summed E-state index contributed by atoms with van der Waals surface area (Å²) in [4.78, 5) is 221. The number of aliphatic hydroxyl groups excluding tert-OH is 1. The normalized spacial score (nSPS) is 25.5. The molecule has 2 aromatic carbocycles. The van der Waals surface area contributed by atoms with Crippen LogP contribution in [0, 0.1) is 5.92 Å². The smallest absolute Gasteiger partial charge is 0.246 e. The van der Waals surface area contributed by atoms with Crippen molar-refractivity contribution in [1.29, 1.82) is 0 Å². The molecule has 31 N–H and O–H groups in total. The molecule has 3 aliphatic rings. The third kappa shape index (κ3) is 28.9. The number of aliphatic imine (C=N–C) groups is 1. The maximum atomic E-state index is 15.2. The molecule has 2 aromatic heterocycles. The number of nitrogens with one attached hydrogen (secondary N) is 14. The molecule has 0 radical (unpaired) electrons. The number of fused-ring (bicyclic) bond motifs is 4. The van der Waals surface area contributed by atoms with Gasteiger partial charge in [-0.3, -0.25) is 72.1 Å². The zero-order valence-corrected chi connectivity index (χ0v) is 69.8. The molecule has 0 saturated carbocycles. The number of nitrogens with zero attached hydrogens (tertiary/aromatic N) is 3. The second-order valence-corrected chi connectivity index (χ2v) is 31.7. The van der Waals surface area contributed by atoms with E-state index in [1.807, 2.05) is 0 Å². The minimum Gasteiger partial charge on any atom is -0.391 e. The van der Waals surface area contributed by atoms with Gasteiger partial charge in [-0.05, 0) is 204 Å². The Hall–Kier alpha value is -10.9. The minimum atomic E-state index is -1.76. The van der Waals surface area contributed by atoms with Gasteiger partial charge in [-0.15, -0.1) is 0 Å². The summed E-state index contributed by atoms with van der Waals surface area (Å²) < 4.78 is 0. The van der Waals surface area contributed by atoms with E-state index in [4.69, 9.17) is 45.9 Å². The summed E-state index contributed by atoms with van der Waals surface area (Å²) in [7, 11) is 0. The number of hydrogen-bond donors (Lipinski definition) is 23. The van der Waals surface area contributed by atoms with Gasteiger partial charge in [0.05, 0.1) is 6.10 Å². The zero-order chi connectivity index (χ0) is 88.4. The Morgan fingerprint density at radius 2 is 0.760 bits per heavy atom. The third-order valence-corrected chi connectivity index (χ3v) is 21.8. The largest absolute Gasteiger partial charge is 0.391 e. The van der Waals surface area contributed by atoms with Crippen molar-refractivity contribution in [3.63, 3.8) is 0 Å². The molecule has 0 unspecified atom stereocenters. The Kier molecular flexibility index (Phi) is 39.5. The van der Waals surface area contributed by atoms with Gasteiger partial charge in [0.2, 0.25) is 82.7 Å². The van der Waals surface area contributed by atoms with E-state index in [0.717, 1.165) is 0 Å². The number of carbonyl (C=O) groups excluding carboxylic acids is 14. The predicted octanol–water partition coefficient (Wildman–Crippen LogP) is -4.82. The molecule has 3 saturated heterocycles. The van der Waals surface area contributed by atoms with Crippen LogP contribution in [-0.4, -0.2) is 263 Å². The highest BCUT2D eigenvalue weighted by atomic mass is 16.3. The summed E-state index contributed by atoms with van der Waals surface area (Å²) in [6, 6.07) is -5.69. The summed E-state index contributed by atoms with van der Waals surface area (Å²) in [6.07, 6.45) is 3.11. The van der Waals surface area contributed by atoms with Crippen molar-refractivity contribution in [1.82, 2.24) is 83.6 Å². The van der Waals surface area contributed by atoms with Gasteiger partial charge in [-0.25, -0.2) is 0 Å². The van der Waals surface area contributed by atoms with Crippen LogP contribution in [0.1, 0.15) is 161 Å². The predicted molar refractivity (Wildman–Crippen MR) is 453 cm³/mol.